The molecule has 212 valence electrons. The van der Waals surface area contributed by atoms with Gasteiger partial charge in [-0.05, 0) is 57.2 Å². The van der Waals surface area contributed by atoms with Crippen molar-refractivity contribution in [2.75, 3.05) is 69.1 Å². The first-order valence-corrected chi connectivity index (χ1v) is 14.1. The Hall–Kier alpha value is -3.76. The van der Waals surface area contributed by atoms with Crippen LogP contribution in [0.2, 0.25) is 0 Å². The highest BCUT2D eigenvalue weighted by atomic mass is 16.2. The van der Waals surface area contributed by atoms with E-state index in [9.17, 15) is 9.59 Å². The number of pyridine rings is 1. The molecule has 0 unspecified atom stereocenters. The van der Waals surface area contributed by atoms with E-state index in [2.05, 4.69) is 64.5 Å². The summed E-state index contributed by atoms with van der Waals surface area (Å²) >= 11 is 0. The van der Waals surface area contributed by atoms with E-state index in [1.54, 1.807) is 27.8 Å². The summed E-state index contributed by atoms with van der Waals surface area (Å²) in [6, 6.07) is 11.7. The third kappa shape index (κ3) is 6.34. The summed E-state index contributed by atoms with van der Waals surface area (Å²) in [6.45, 7) is 18.6. The smallest absolute Gasteiger partial charge is 0.252 e. The minimum atomic E-state index is -0.0893. The number of aromatic nitrogens is 3. The van der Waals surface area contributed by atoms with Crippen molar-refractivity contribution in [3.63, 3.8) is 0 Å². The molecule has 0 spiro atoms. The van der Waals surface area contributed by atoms with Gasteiger partial charge in [-0.25, -0.2) is 4.98 Å². The van der Waals surface area contributed by atoms with Crippen LogP contribution < -0.4 is 15.8 Å². The number of hydrogen-bond acceptors (Lipinski definition) is 8. The highest BCUT2D eigenvalue weighted by Crippen LogP contribution is 2.24. The lowest BCUT2D eigenvalue weighted by molar-refractivity contribution is -0.127. The molecule has 2 aliphatic heterocycles. The number of carbonyl (C=O) groups is 1. The summed E-state index contributed by atoms with van der Waals surface area (Å²) < 4.78 is 1.71. The van der Waals surface area contributed by atoms with E-state index < -0.39 is 0 Å². The zero-order chi connectivity index (χ0) is 28.3. The summed E-state index contributed by atoms with van der Waals surface area (Å²) in [5.74, 6) is 0.421. The fraction of sp³-hybridized carbons (Fsp3) is 0.467. The number of nitrogens with one attached hydrogen (secondary N) is 1. The van der Waals surface area contributed by atoms with E-state index in [0.717, 1.165) is 50.3 Å². The molecule has 10 nitrogen and oxygen atoms in total. The van der Waals surface area contributed by atoms with Gasteiger partial charge in [-0.15, -0.1) is 0 Å². The Bertz CT molecular complexity index is 1400. The minimum absolute atomic E-state index is 0.0322. The number of benzene rings is 1. The van der Waals surface area contributed by atoms with Gasteiger partial charge in [0.1, 0.15) is 5.65 Å². The Morgan fingerprint density at radius 2 is 1.65 bits per heavy atom. The second-order valence-corrected chi connectivity index (χ2v) is 11.5. The second kappa shape index (κ2) is 11.8. The van der Waals surface area contributed by atoms with Gasteiger partial charge in [-0.1, -0.05) is 6.58 Å². The Kier molecular flexibility index (Phi) is 8.18. The number of piperazine rings is 2. The van der Waals surface area contributed by atoms with Crippen LogP contribution >= 0.6 is 0 Å². The molecule has 4 heterocycles. The summed E-state index contributed by atoms with van der Waals surface area (Å²) in [4.78, 5) is 42.9. The molecule has 0 bridgehead atoms. The van der Waals surface area contributed by atoms with Crippen molar-refractivity contribution in [1.82, 2.24) is 29.2 Å². The average Bonchev–Trinajstić information content (AvgIpc) is 2.96. The number of anilines is 3. The molecule has 0 saturated carbocycles. The Morgan fingerprint density at radius 3 is 2.30 bits per heavy atom. The molecule has 3 aromatic rings. The van der Waals surface area contributed by atoms with Crippen LogP contribution in [0.1, 0.15) is 20.8 Å². The Labute approximate surface area is 235 Å². The lowest BCUT2D eigenvalue weighted by Crippen LogP contribution is -2.53. The molecule has 2 fully saturated rings. The van der Waals surface area contributed by atoms with Crippen LogP contribution in [0, 0.1) is 0 Å². The first-order chi connectivity index (χ1) is 19.2. The van der Waals surface area contributed by atoms with Crippen LogP contribution in [-0.2, 0) is 11.3 Å². The van der Waals surface area contributed by atoms with Crippen molar-refractivity contribution in [3.8, 4) is 0 Å². The van der Waals surface area contributed by atoms with Gasteiger partial charge in [0.2, 0.25) is 11.9 Å². The van der Waals surface area contributed by atoms with Crippen LogP contribution in [0.5, 0.6) is 0 Å². The number of carbonyl (C=O) groups excluding carboxylic acids is 1. The number of nitrogens with zero attached hydrogens (tertiary/aromatic N) is 7. The molecule has 1 amide bonds. The molecule has 10 heteroatoms. The summed E-state index contributed by atoms with van der Waals surface area (Å²) in [5.41, 5.74) is 2.83. The van der Waals surface area contributed by atoms with Crippen LogP contribution in [-0.4, -0.2) is 99.6 Å². The van der Waals surface area contributed by atoms with Crippen molar-refractivity contribution in [2.45, 2.75) is 32.9 Å². The largest absolute Gasteiger partial charge is 0.369 e. The Morgan fingerprint density at radius 1 is 0.950 bits per heavy atom. The van der Waals surface area contributed by atoms with Crippen LogP contribution in [0.4, 0.5) is 17.3 Å². The maximum absolute atomic E-state index is 12.8. The third-order valence-electron chi connectivity index (χ3n) is 7.94. The van der Waals surface area contributed by atoms with Gasteiger partial charge in [0.15, 0.2) is 0 Å². The quantitative estimate of drug-likeness (QED) is 0.455. The van der Waals surface area contributed by atoms with E-state index in [1.807, 2.05) is 12.1 Å². The first kappa shape index (κ1) is 27.8. The number of rotatable bonds is 7. The minimum Gasteiger partial charge on any atom is -0.369 e. The average molecular weight is 545 g/mol. The number of hydrogen-bond donors (Lipinski definition) is 1. The van der Waals surface area contributed by atoms with Crippen LogP contribution in [0.15, 0.2) is 60.0 Å². The first-order valence-electron chi connectivity index (χ1n) is 14.1. The van der Waals surface area contributed by atoms with Gasteiger partial charge in [0.05, 0.1) is 0 Å². The fourth-order valence-corrected chi connectivity index (χ4v) is 5.43. The molecule has 2 saturated heterocycles. The summed E-state index contributed by atoms with van der Waals surface area (Å²) in [5, 5.41) is 4.12. The van der Waals surface area contributed by atoms with Crippen molar-refractivity contribution >= 4 is 34.3 Å². The van der Waals surface area contributed by atoms with Crippen molar-refractivity contribution in [3.05, 3.63) is 65.6 Å². The SMILES string of the molecule is C=CC(=O)N1CCN(CCn2c(=O)ccc3cnc(Nc4ccc(N5CCN(C(C)(C)C)CC5)cc4)nc32)CC1. The second-order valence-electron chi connectivity index (χ2n) is 11.5. The van der Waals surface area contributed by atoms with Gasteiger partial charge < -0.3 is 15.1 Å². The van der Waals surface area contributed by atoms with Crippen molar-refractivity contribution in [1.29, 1.82) is 0 Å². The summed E-state index contributed by atoms with van der Waals surface area (Å²) in [6.07, 6.45) is 3.11. The molecule has 1 N–H and O–H groups in total. The molecular weight excluding hydrogens is 504 g/mol. The fourth-order valence-electron chi connectivity index (χ4n) is 5.43. The maximum Gasteiger partial charge on any atom is 0.252 e. The number of fused-ring (bicyclic) bond motifs is 1. The monoisotopic (exact) mass is 544 g/mol. The molecule has 2 aromatic heterocycles. The topological polar surface area (TPSA) is 89.8 Å². The molecule has 1 aromatic carbocycles. The third-order valence-corrected chi connectivity index (χ3v) is 7.94. The van der Waals surface area contributed by atoms with Gasteiger partial charge >= 0.3 is 0 Å². The highest BCUT2D eigenvalue weighted by Gasteiger charge is 2.26. The molecule has 0 aliphatic carbocycles. The molecule has 40 heavy (non-hydrogen) atoms. The molecule has 0 radical (unpaired) electrons. The maximum atomic E-state index is 12.8. The van der Waals surface area contributed by atoms with E-state index >= 15 is 0 Å². The molecule has 0 atom stereocenters. The molecule has 2 aliphatic rings. The lowest BCUT2D eigenvalue weighted by Gasteiger charge is -2.43. The summed E-state index contributed by atoms with van der Waals surface area (Å²) in [7, 11) is 0. The van der Waals surface area contributed by atoms with E-state index in [1.165, 1.54) is 11.8 Å². The standard InChI is InChI=1S/C30H40N8O2/c1-5-26(39)36-15-12-34(13-16-36)14-21-38-27(40)11-6-23-22-31-29(33-28(23)38)32-24-7-9-25(10-8-24)35-17-19-37(20-18-35)30(2,3)4/h5-11,22H,1,12-21H2,2-4H3,(H,31,32,33). The molecular formula is C30H40N8O2. The number of amides is 1. The van der Waals surface area contributed by atoms with Gasteiger partial charge in [-0.2, -0.15) is 4.98 Å². The van der Waals surface area contributed by atoms with E-state index in [0.29, 0.717) is 37.8 Å². The van der Waals surface area contributed by atoms with Crippen LogP contribution in [0.3, 0.4) is 0 Å². The normalized spacial score (nSPS) is 17.3. The van der Waals surface area contributed by atoms with Gasteiger partial charge in [-0.3, -0.25) is 24.0 Å². The van der Waals surface area contributed by atoms with Gasteiger partial charge in [0.25, 0.3) is 5.56 Å². The predicted molar refractivity (Wildman–Crippen MR) is 160 cm³/mol. The van der Waals surface area contributed by atoms with Crippen molar-refractivity contribution < 1.29 is 4.79 Å². The predicted octanol–water partition coefficient (Wildman–Crippen LogP) is 2.79. The van der Waals surface area contributed by atoms with Crippen molar-refractivity contribution in [2.24, 2.45) is 0 Å². The molecule has 5 rings (SSSR count). The lowest BCUT2D eigenvalue weighted by atomic mass is 10.0. The van der Waals surface area contributed by atoms with E-state index in [-0.39, 0.29) is 17.0 Å². The highest BCUT2D eigenvalue weighted by molar-refractivity contribution is 5.87. The Balaban J connectivity index is 1.23. The zero-order valence-electron chi connectivity index (χ0n) is 23.8. The van der Waals surface area contributed by atoms with Gasteiger partial charge in [0, 0.05) is 100 Å². The van der Waals surface area contributed by atoms with Crippen LogP contribution in [0.25, 0.3) is 11.0 Å². The van der Waals surface area contributed by atoms with E-state index in [4.69, 9.17) is 4.98 Å². The zero-order valence-corrected chi connectivity index (χ0v) is 23.8.